The maximum Gasteiger partial charge on any atom is 0.324 e. The summed E-state index contributed by atoms with van der Waals surface area (Å²) in [7, 11) is 0. The van der Waals surface area contributed by atoms with E-state index in [4.69, 9.17) is 0 Å². The molecular weight excluding hydrogens is 260 g/mol. The Bertz CT molecular complexity index is 539. The lowest BCUT2D eigenvalue weighted by atomic mass is 10.0. The van der Waals surface area contributed by atoms with Crippen molar-refractivity contribution >= 4 is 16.3 Å². The number of hydrogen-bond donors (Lipinski definition) is 1. The third-order valence-electron chi connectivity index (χ3n) is 2.96. The Morgan fingerprint density at radius 1 is 1.26 bits per heavy atom. The quantitative estimate of drug-likeness (QED) is 0.643. The number of rotatable bonds is 6. The van der Waals surface area contributed by atoms with Gasteiger partial charge in [0.05, 0.1) is 4.92 Å². The molecule has 1 unspecified atom stereocenters. The maximum absolute atomic E-state index is 10.6. The third kappa shape index (κ3) is 3.62. The van der Waals surface area contributed by atoms with Crippen LogP contribution in [0.25, 0.3) is 0 Å². The first kappa shape index (κ1) is 13.7. The van der Waals surface area contributed by atoms with E-state index in [0.717, 1.165) is 11.3 Å². The van der Waals surface area contributed by atoms with Crippen LogP contribution in [-0.2, 0) is 6.54 Å². The van der Waals surface area contributed by atoms with E-state index < -0.39 is 0 Å². The van der Waals surface area contributed by atoms with Gasteiger partial charge in [-0.15, -0.1) is 0 Å². The molecular formula is C14H16N2O2S. The van der Waals surface area contributed by atoms with E-state index in [-0.39, 0.29) is 16.0 Å². The fraction of sp³-hybridized carbons (Fsp3) is 0.286. The lowest BCUT2D eigenvalue weighted by Crippen LogP contribution is -2.19. The normalized spacial score (nSPS) is 12.3. The molecule has 0 bridgehead atoms. The van der Waals surface area contributed by atoms with Crippen LogP contribution in [0.1, 0.15) is 29.8 Å². The zero-order valence-electron chi connectivity index (χ0n) is 10.7. The molecule has 2 aromatic rings. The fourth-order valence-electron chi connectivity index (χ4n) is 1.97. The molecule has 0 aliphatic carbocycles. The van der Waals surface area contributed by atoms with E-state index in [1.807, 2.05) is 24.3 Å². The van der Waals surface area contributed by atoms with Gasteiger partial charge in [0.2, 0.25) is 0 Å². The standard InChI is InChI=1S/C14H16N2O2S/c1-2-13(11-6-4-3-5-7-11)15-10-12-8-9-14(19-12)16(17)18/h3-9,13,15H,2,10H2,1H3. The minimum Gasteiger partial charge on any atom is -0.305 e. The Kier molecular flexibility index (Phi) is 4.65. The van der Waals surface area contributed by atoms with E-state index in [2.05, 4.69) is 24.4 Å². The van der Waals surface area contributed by atoms with Crippen LogP contribution < -0.4 is 5.32 Å². The molecule has 0 saturated heterocycles. The van der Waals surface area contributed by atoms with Gasteiger partial charge in [-0.3, -0.25) is 10.1 Å². The van der Waals surface area contributed by atoms with Crippen LogP contribution in [0.15, 0.2) is 42.5 Å². The van der Waals surface area contributed by atoms with Crippen molar-refractivity contribution in [2.45, 2.75) is 25.9 Å². The highest BCUT2D eigenvalue weighted by atomic mass is 32.1. The predicted molar refractivity (Wildman–Crippen MR) is 77.3 cm³/mol. The SMILES string of the molecule is CCC(NCc1ccc([N+](=O)[O-])s1)c1ccccc1. The monoisotopic (exact) mass is 276 g/mol. The summed E-state index contributed by atoms with van der Waals surface area (Å²) >= 11 is 1.23. The minimum atomic E-state index is -0.345. The molecule has 1 aromatic carbocycles. The first-order chi connectivity index (χ1) is 9.20. The molecule has 0 radical (unpaired) electrons. The van der Waals surface area contributed by atoms with Gasteiger partial charge in [-0.2, -0.15) is 0 Å². The summed E-state index contributed by atoms with van der Waals surface area (Å²) in [6.07, 6.45) is 0.984. The van der Waals surface area contributed by atoms with Crippen molar-refractivity contribution in [1.29, 1.82) is 0 Å². The highest BCUT2D eigenvalue weighted by molar-refractivity contribution is 7.15. The molecule has 1 aromatic heterocycles. The largest absolute Gasteiger partial charge is 0.324 e. The summed E-state index contributed by atoms with van der Waals surface area (Å²) in [4.78, 5) is 11.3. The van der Waals surface area contributed by atoms with Crippen LogP contribution >= 0.6 is 11.3 Å². The fourth-order valence-corrected chi connectivity index (χ4v) is 2.74. The summed E-state index contributed by atoms with van der Waals surface area (Å²) in [5.74, 6) is 0. The second-order valence-electron chi connectivity index (χ2n) is 4.25. The van der Waals surface area contributed by atoms with Crippen molar-refractivity contribution in [3.63, 3.8) is 0 Å². The zero-order chi connectivity index (χ0) is 13.7. The number of benzene rings is 1. The van der Waals surface area contributed by atoms with Crippen molar-refractivity contribution in [2.75, 3.05) is 0 Å². The molecule has 5 heteroatoms. The van der Waals surface area contributed by atoms with Crippen molar-refractivity contribution < 1.29 is 4.92 Å². The molecule has 0 saturated carbocycles. The van der Waals surface area contributed by atoms with Gasteiger partial charge in [0, 0.05) is 23.5 Å². The lowest BCUT2D eigenvalue weighted by Gasteiger charge is -2.16. The minimum absolute atomic E-state index is 0.199. The molecule has 0 aliphatic rings. The summed E-state index contributed by atoms with van der Waals surface area (Å²) in [5, 5.41) is 14.3. The molecule has 100 valence electrons. The Labute approximate surface area is 116 Å². The van der Waals surface area contributed by atoms with E-state index in [1.165, 1.54) is 16.9 Å². The molecule has 2 rings (SSSR count). The molecule has 1 N–H and O–H groups in total. The van der Waals surface area contributed by atoms with E-state index in [1.54, 1.807) is 6.07 Å². The van der Waals surface area contributed by atoms with Gasteiger partial charge in [-0.05, 0) is 18.1 Å². The van der Waals surface area contributed by atoms with Gasteiger partial charge in [-0.25, -0.2) is 0 Å². The summed E-state index contributed by atoms with van der Waals surface area (Å²) < 4.78 is 0. The number of thiophene rings is 1. The molecule has 1 heterocycles. The van der Waals surface area contributed by atoms with Gasteiger partial charge in [0.1, 0.15) is 0 Å². The highest BCUT2D eigenvalue weighted by Gasteiger charge is 2.12. The van der Waals surface area contributed by atoms with E-state index in [9.17, 15) is 10.1 Å². The number of nitro groups is 1. The van der Waals surface area contributed by atoms with Crippen LogP contribution in [0.2, 0.25) is 0 Å². The van der Waals surface area contributed by atoms with Crippen LogP contribution in [0.3, 0.4) is 0 Å². The van der Waals surface area contributed by atoms with Crippen molar-refractivity contribution in [2.24, 2.45) is 0 Å². The summed E-state index contributed by atoms with van der Waals surface area (Å²) in [6, 6.07) is 13.9. The molecule has 0 spiro atoms. The first-order valence-corrected chi connectivity index (χ1v) is 7.03. The number of nitrogens with one attached hydrogen (secondary N) is 1. The Morgan fingerprint density at radius 2 is 2.00 bits per heavy atom. The summed E-state index contributed by atoms with van der Waals surface area (Å²) in [6.45, 7) is 2.79. The predicted octanol–water partition coefficient (Wildman–Crippen LogP) is 3.90. The lowest BCUT2D eigenvalue weighted by molar-refractivity contribution is -0.380. The van der Waals surface area contributed by atoms with Crippen LogP contribution in [0.4, 0.5) is 5.00 Å². The number of nitrogens with zero attached hydrogens (tertiary/aromatic N) is 1. The van der Waals surface area contributed by atoms with Crippen LogP contribution in [0.5, 0.6) is 0 Å². The van der Waals surface area contributed by atoms with Crippen LogP contribution in [0, 0.1) is 10.1 Å². The van der Waals surface area contributed by atoms with E-state index >= 15 is 0 Å². The number of hydrogen-bond acceptors (Lipinski definition) is 4. The van der Waals surface area contributed by atoms with Crippen molar-refractivity contribution in [3.8, 4) is 0 Å². The van der Waals surface area contributed by atoms with Crippen LogP contribution in [-0.4, -0.2) is 4.92 Å². The van der Waals surface area contributed by atoms with Gasteiger partial charge in [0.25, 0.3) is 0 Å². The topological polar surface area (TPSA) is 55.2 Å². The molecule has 1 atom stereocenters. The average Bonchev–Trinajstić information content (AvgIpc) is 2.90. The summed E-state index contributed by atoms with van der Waals surface area (Å²) in [5.41, 5.74) is 1.25. The zero-order valence-corrected chi connectivity index (χ0v) is 11.5. The van der Waals surface area contributed by atoms with E-state index in [0.29, 0.717) is 6.54 Å². The third-order valence-corrected chi connectivity index (χ3v) is 4.00. The molecule has 0 fully saturated rings. The van der Waals surface area contributed by atoms with Gasteiger partial charge in [0.15, 0.2) is 0 Å². The molecule has 4 nitrogen and oxygen atoms in total. The smallest absolute Gasteiger partial charge is 0.305 e. The molecule has 0 amide bonds. The average molecular weight is 276 g/mol. The Hall–Kier alpha value is -1.72. The van der Waals surface area contributed by atoms with Gasteiger partial charge < -0.3 is 5.32 Å². The Balaban J connectivity index is 1.98. The highest BCUT2D eigenvalue weighted by Crippen LogP contribution is 2.25. The Morgan fingerprint density at radius 3 is 2.58 bits per heavy atom. The van der Waals surface area contributed by atoms with Crippen molar-refractivity contribution in [1.82, 2.24) is 5.32 Å². The van der Waals surface area contributed by atoms with Gasteiger partial charge in [-0.1, -0.05) is 48.6 Å². The van der Waals surface area contributed by atoms with Crippen molar-refractivity contribution in [3.05, 3.63) is 63.0 Å². The second-order valence-corrected chi connectivity index (χ2v) is 5.40. The molecule has 0 aliphatic heterocycles. The maximum atomic E-state index is 10.6. The second kappa shape index (κ2) is 6.45. The first-order valence-electron chi connectivity index (χ1n) is 6.22. The van der Waals surface area contributed by atoms with Gasteiger partial charge >= 0.3 is 5.00 Å². The molecule has 19 heavy (non-hydrogen) atoms.